The lowest BCUT2D eigenvalue weighted by atomic mass is 10.1. The smallest absolute Gasteiger partial charge is 0.191 e. The van der Waals surface area contributed by atoms with Crippen LogP contribution in [0.15, 0.2) is 29.6 Å². The summed E-state index contributed by atoms with van der Waals surface area (Å²) in [4.78, 5) is 28.5. The number of carbonyl (C=O) groups is 2. The van der Waals surface area contributed by atoms with E-state index in [-0.39, 0.29) is 18.0 Å². The van der Waals surface area contributed by atoms with Gasteiger partial charge in [-0.05, 0) is 13.0 Å². The average molecular weight is 299 g/mol. The first-order valence-corrected chi connectivity index (χ1v) is 7.34. The summed E-state index contributed by atoms with van der Waals surface area (Å²) in [5.41, 5.74) is 1.57. The predicted molar refractivity (Wildman–Crippen MR) is 80.8 cm³/mol. The molecule has 21 heavy (non-hydrogen) atoms. The maximum absolute atomic E-state index is 12.3. The van der Waals surface area contributed by atoms with Gasteiger partial charge in [-0.15, -0.1) is 11.3 Å². The summed E-state index contributed by atoms with van der Waals surface area (Å²) in [7, 11) is 1.78. The summed E-state index contributed by atoms with van der Waals surface area (Å²) in [6.45, 7) is 1.83. The minimum Gasteiger partial charge on any atom is -0.292 e. The van der Waals surface area contributed by atoms with E-state index in [2.05, 4.69) is 10.1 Å². The molecule has 3 aromatic rings. The van der Waals surface area contributed by atoms with Crippen molar-refractivity contribution < 1.29 is 9.59 Å². The number of Topliss-reactive ketones (excluding diaryl/α,β-unsaturated/α-hetero) is 2. The van der Waals surface area contributed by atoms with E-state index in [0.29, 0.717) is 11.4 Å². The van der Waals surface area contributed by atoms with Gasteiger partial charge in [0.05, 0.1) is 16.9 Å². The van der Waals surface area contributed by atoms with Gasteiger partial charge in [0.15, 0.2) is 11.6 Å². The van der Waals surface area contributed by atoms with Crippen molar-refractivity contribution in [3.05, 3.63) is 46.0 Å². The van der Waals surface area contributed by atoms with Crippen molar-refractivity contribution >= 4 is 33.8 Å². The molecule has 5 nitrogen and oxygen atoms in total. The lowest BCUT2D eigenvalue weighted by Crippen LogP contribution is -2.10. The number of benzene rings is 1. The summed E-state index contributed by atoms with van der Waals surface area (Å²) in [5, 5.41) is 7.51. The van der Waals surface area contributed by atoms with Gasteiger partial charge >= 0.3 is 0 Å². The van der Waals surface area contributed by atoms with Crippen molar-refractivity contribution in [1.29, 1.82) is 0 Å². The minimum atomic E-state index is -0.276. The van der Waals surface area contributed by atoms with E-state index in [0.717, 1.165) is 15.9 Å². The van der Waals surface area contributed by atoms with Crippen LogP contribution in [0.1, 0.15) is 32.4 Å². The summed E-state index contributed by atoms with van der Waals surface area (Å²) in [5.74, 6) is -0.540. The monoisotopic (exact) mass is 299 g/mol. The number of nitrogens with zero attached hydrogens (tertiary/aromatic N) is 3. The fraction of sp³-hybridized carbons (Fsp3) is 0.200. The standard InChI is InChI=1S/C15H13N3O2S/c1-9-16-11(8-21-9)13(19)7-14(20)15-10-5-3-4-6-12(10)18(2)17-15/h3-6,8H,7H2,1-2H3. The van der Waals surface area contributed by atoms with Crippen LogP contribution in [-0.4, -0.2) is 26.3 Å². The fourth-order valence-corrected chi connectivity index (χ4v) is 2.85. The summed E-state index contributed by atoms with van der Waals surface area (Å²) >= 11 is 1.40. The summed E-state index contributed by atoms with van der Waals surface area (Å²) in [6, 6.07) is 7.48. The van der Waals surface area contributed by atoms with E-state index in [1.165, 1.54) is 11.3 Å². The molecule has 0 amide bonds. The molecule has 0 bridgehead atoms. The van der Waals surface area contributed by atoms with Crippen molar-refractivity contribution in [2.24, 2.45) is 7.05 Å². The van der Waals surface area contributed by atoms with E-state index in [9.17, 15) is 9.59 Å². The number of fused-ring (bicyclic) bond motifs is 1. The minimum absolute atomic E-state index is 0.204. The van der Waals surface area contributed by atoms with Gasteiger partial charge in [-0.25, -0.2) is 4.98 Å². The molecule has 2 heterocycles. The molecule has 0 aliphatic carbocycles. The molecule has 3 rings (SSSR count). The number of carbonyl (C=O) groups excluding carboxylic acids is 2. The maximum atomic E-state index is 12.3. The zero-order valence-corrected chi connectivity index (χ0v) is 12.5. The molecule has 6 heteroatoms. The quantitative estimate of drug-likeness (QED) is 0.549. The normalized spacial score (nSPS) is 11.0. The molecule has 0 fully saturated rings. The largest absolute Gasteiger partial charge is 0.292 e. The Morgan fingerprint density at radius 1 is 1.24 bits per heavy atom. The fourth-order valence-electron chi connectivity index (χ4n) is 2.23. The zero-order valence-electron chi connectivity index (χ0n) is 11.7. The second kappa shape index (κ2) is 5.21. The molecule has 0 spiro atoms. The van der Waals surface area contributed by atoms with E-state index < -0.39 is 0 Å². The Kier molecular flexibility index (Phi) is 3.39. The van der Waals surface area contributed by atoms with Crippen LogP contribution in [0.25, 0.3) is 10.9 Å². The molecule has 0 unspecified atom stereocenters. The second-order valence-electron chi connectivity index (χ2n) is 4.76. The highest BCUT2D eigenvalue weighted by molar-refractivity contribution is 7.09. The van der Waals surface area contributed by atoms with Crippen molar-refractivity contribution in [1.82, 2.24) is 14.8 Å². The SMILES string of the molecule is Cc1nc(C(=O)CC(=O)c2nn(C)c3ccccc23)cs1. The van der Waals surface area contributed by atoms with Gasteiger partial charge in [0, 0.05) is 17.8 Å². The topological polar surface area (TPSA) is 64.8 Å². The number of thiazole rings is 1. The number of para-hydroxylation sites is 1. The second-order valence-corrected chi connectivity index (χ2v) is 5.83. The van der Waals surface area contributed by atoms with Gasteiger partial charge in [0.1, 0.15) is 11.4 Å². The van der Waals surface area contributed by atoms with Crippen LogP contribution in [0.2, 0.25) is 0 Å². The third-order valence-electron chi connectivity index (χ3n) is 3.25. The Morgan fingerprint density at radius 2 is 2.00 bits per heavy atom. The maximum Gasteiger partial charge on any atom is 0.191 e. The van der Waals surface area contributed by atoms with Gasteiger partial charge in [-0.2, -0.15) is 5.10 Å². The van der Waals surface area contributed by atoms with Crippen LogP contribution in [0.4, 0.5) is 0 Å². The van der Waals surface area contributed by atoms with Gasteiger partial charge in [-0.3, -0.25) is 14.3 Å². The molecule has 106 valence electrons. The van der Waals surface area contributed by atoms with Gasteiger partial charge in [-0.1, -0.05) is 18.2 Å². The molecule has 0 radical (unpaired) electrons. The molecule has 0 N–H and O–H groups in total. The number of ketones is 2. The van der Waals surface area contributed by atoms with Crippen LogP contribution in [0, 0.1) is 6.92 Å². The molecule has 0 aliphatic rings. The molecule has 0 atom stereocenters. The van der Waals surface area contributed by atoms with Crippen molar-refractivity contribution in [3.8, 4) is 0 Å². The third-order valence-corrected chi connectivity index (χ3v) is 4.02. The lowest BCUT2D eigenvalue weighted by Gasteiger charge is -1.96. The van der Waals surface area contributed by atoms with Gasteiger partial charge in [0.25, 0.3) is 0 Å². The van der Waals surface area contributed by atoms with E-state index in [1.807, 2.05) is 31.2 Å². The molecule has 0 saturated carbocycles. The van der Waals surface area contributed by atoms with Crippen molar-refractivity contribution in [3.63, 3.8) is 0 Å². The zero-order chi connectivity index (χ0) is 15.0. The Labute approximate surface area is 125 Å². The first-order valence-electron chi connectivity index (χ1n) is 6.46. The number of aromatic nitrogens is 3. The number of hydrogen-bond donors (Lipinski definition) is 0. The van der Waals surface area contributed by atoms with E-state index >= 15 is 0 Å². The predicted octanol–water partition coefficient (Wildman–Crippen LogP) is 2.79. The van der Waals surface area contributed by atoms with Crippen molar-refractivity contribution in [2.45, 2.75) is 13.3 Å². The average Bonchev–Trinajstić information content (AvgIpc) is 3.04. The highest BCUT2D eigenvalue weighted by Gasteiger charge is 2.20. The van der Waals surface area contributed by atoms with Crippen LogP contribution in [0.3, 0.4) is 0 Å². The third kappa shape index (κ3) is 2.50. The van der Waals surface area contributed by atoms with Gasteiger partial charge in [0.2, 0.25) is 0 Å². The highest BCUT2D eigenvalue weighted by Crippen LogP contribution is 2.19. The Hall–Kier alpha value is -2.34. The summed E-state index contributed by atoms with van der Waals surface area (Å²) < 4.78 is 1.65. The highest BCUT2D eigenvalue weighted by atomic mass is 32.1. The number of rotatable bonds is 4. The molecule has 2 aromatic heterocycles. The molecule has 0 aliphatic heterocycles. The molecule has 0 saturated heterocycles. The van der Waals surface area contributed by atoms with E-state index in [4.69, 9.17) is 0 Å². The van der Waals surface area contributed by atoms with Crippen LogP contribution < -0.4 is 0 Å². The first kappa shape index (κ1) is 13.6. The van der Waals surface area contributed by atoms with E-state index in [1.54, 1.807) is 17.1 Å². The first-order chi connectivity index (χ1) is 10.1. The van der Waals surface area contributed by atoms with Crippen LogP contribution >= 0.6 is 11.3 Å². The molecule has 1 aromatic carbocycles. The van der Waals surface area contributed by atoms with Crippen molar-refractivity contribution in [2.75, 3.05) is 0 Å². The Morgan fingerprint density at radius 3 is 2.71 bits per heavy atom. The van der Waals surface area contributed by atoms with Crippen LogP contribution in [-0.2, 0) is 7.05 Å². The van der Waals surface area contributed by atoms with Crippen LogP contribution in [0.5, 0.6) is 0 Å². The summed E-state index contributed by atoms with van der Waals surface area (Å²) in [6.07, 6.45) is -0.204. The Balaban J connectivity index is 1.89. The Bertz CT molecular complexity index is 848. The molecular weight excluding hydrogens is 286 g/mol. The number of hydrogen-bond acceptors (Lipinski definition) is 5. The lowest BCUT2D eigenvalue weighted by molar-refractivity contribution is 0.0889. The molecular formula is C15H13N3O2S. The van der Waals surface area contributed by atoms with Gasteiger partial charge < -0.3 is 0 Å². The number of aryl methyl sites for hydroxylation is 2.